The van der Waals surface area contributed by atoms with E-state index < -0.39 is 0 Å². The van der Waals surface area contributed by atoms with Gasteiger partial charge in [0.25, 0.3) is 0 Å². The number of halogens is 1. The molecule has 0 bridgehead atoms. The molecule has 1 aliphatic rings. The van der Waals surface area contributed by atoms with E-state index in [0.717, 1.165) is 43.8 Å². The van der Waals surface area contributed by atoms with Gasteiger partial charge in [-0.15, -0.1) is 24.0 Å². The maximum absolute atomic E-state index is 5.59. The van der Waals surface area contributed by atoms with Gasteiger partial charge in [0.05, 0.1) is 12.2 Å². The zero-order valence-corrected chi connectivity index (χ0v) is 14.9. The Bertz CT molecular complexity index is 409. The molecule has 0 atom stereocenters. The van der Waals surface area contributed by atoms with Crippen LogP contribution < -0.4 is 10.6 Å². The lowest BCUT2D eigenvalue weighted by atomic mass is 10.3. The summed E-state index contributed by atoms with van der Waals surface area (Å²) in [6.45, 7) is 3.30. The monoisotopic (exact) mass is 404 g/mol. The average molecular weight is 404 g/mol. The Kier molecular flexibility index (Phi) is 9.32. The van der Waals surface area contributed by atoms with E-state index in [4.69, 9.17) is 4.74 Å². The lowest BCUT2D eigenvalue weighted by molar-refractivity contribution is 0.123. The van der Waals surface area contributed by atoms with Crippen molar-refractivity contribution in [1.82, 2.24) is 15.6 Å². The summed E-state index contributed by atoms with van der Waals surface area (Å²) in [7, 11) is 1.78. The fourth-order valence-electron chi connectivity index (χ4n) is 1.81. The normalized spacial score (nSPS) is 14.4. The Morgan fingerprint density at radius 1 is 1.38 bits per heavy atom. The zero-order chi connectivity index (χ0) is 14.0. The first-order valence-electron chi connectivity index (χ1n) is 7.30. The lowest BCUT2D eigenvalue weighted by Crippen LogP contribution is -2.37. The average Bonchev–Trinajstić information content (AvgIpc) is 3.31. The summed E-state index contributed by atoms with van der Waals surface area (Å²) in [5.41, 5.74) is 1.00. The van der Waals surface area contributed by atoms with E-state index in [0.29, 0.717) is 6.54 Å². The third-order valence-electron chi connectivity index (χ3n) is 3.20. The number of aliphatic imine (C=N–C) groups is 1. The van der Waals surface area contributed by atoms with Crippen LogP contribution in [0, 0.1) is 5.92 Å². The Labute approximate surface area is 144 Å². The second-order valence-corrected chi connectivity index (χ2v) is 5.05. The van der Waals surface area contributed by atoms with Crippen LogP contribution in [-0.2, 0) is 11.3 Å². The Hall–Kier alpha value is -0.890. The fraction of sp³-hybridized carbons (Fsp3) is 0.600. The van der Waals surface area contributed by atoms with E-state index in [2.05, 4.69) is 20.6 Å². The molecule has 6 heteroatoms. The molecule has 0 saturated heterocycles. The minimum atomic E-state index is 0. The SMILES string of the molecule is CN=C(NCCCOCC1CC1)NCc1ccccn1.I. The molecule has 0 spiro atoms. The number of guanidine groups is 1. The van der Waals surface area contributed by atoms with Crippen LogP contribution in [0.1, 0.15) is 25.0 Å². The first kappa shape index (κ1) is 18.2. The predicted molar refractivity (Wildman–Crippen MR) is 96.0 cm³/mol. The van der Waals surface area contributed by atoms with Crippen LogP contribution >= 0.6 is 24.0 Å². The minimum Gasteiger partial charge on any atom is -0.381 e. The Morgan fingerprint density at radius 2 is 2.24 bits per heavy atom. The Morgan fingerprint density at radius 3 is 2.90 bits per heavy atom. The van der Waals surface area contributed by atoms with E-state index in [-0.39, 0.29) is 24.0 Å². The molecule has 1 fully saturated rings. The Balaban J connectivity index is 0.00000220. The lowest BCUT2D eigenvalue weighted by Gasteiger charge is -2.11. The van der Waals surface area contributed by atoms with Gasteiger partial charge in [-0.3, -0.25) is 9.98 Å². The topological polar surface area (TPSA) is 58.5 Å². The first-order chi connectivity index (χ1) is 9.88. The quantitative estimate of drug-likeness (QED) is 0.302. The van der Waals surface area contributed by atoms with Crippen LogP contribution in [0.5, 0.6) is 0 Å². The van der Waals surface area contributed by atoms with Gasteiger partial charge >= 0.3 is 0 Å². The number of nitrogens with zero attached hydrogens (tertiary/aromatic N) is 2. The number of pyridine rings is 1. The van der Waals surface area contributed by atoms with Crippen molar-refractivity contribution in [2.24, 2.45) is 10.9 Å². The van der Waals surface area contributed by atoms with Crippen LogP contribution in [0.3, 0.4) is 0 Å². The molecule has 21 heavy (non-hydrogen) atoms. The maximum atomic E-state index is 5.59. The molecule has 0 unspecified atom stereocenters. The van der Waals surface area contributed by atoms with Gasteiger partial charge in [-0.25, -0.2) is 0 Å². The summed E-state index contributed by atoms with van der Waals surface area (Å²) in [6.07, 6.45) is 5.49. The summed E-state index contributed by atoms with van der Waals surface area (Å²) in [6, 6.07) is 5.89. The van der Waals surface area contributed by atoms with E-state index in [1.807, 2.05) is 18.2 Å². The van der Waals surface area contributed by atoms with Gasteiger partial charge in [-0.2, -0.15) is 0 Å². The molecule has 0 aromatic carbocycles. The summed E-state index contributed by atoms with van der Waals surface area (Å²) in [4.78, 5) is 8.45. The maximum Gasteiger partial charge on any atom is 0.191 e. The smallest absolute Gasteiger partial charge is 0.191 e. The zero-order valence-electron chi connectivity index (χ0n) is 12.5. The fourth-order valence-corrected chi connectivity index (χ4v) is 1.81. The van der Waals surface area contributed by atoms with Gasteiger partial charge in [0.2, 0.25) is 0 Å². The number of ether oxygens (including phenoxy) is 1. The largest absolute Gasteiger partial charge is 0.381 e. The van der Waals surface area contributed by atoms with Crippen LogP contribution in [0.25, 0.3) is 0 Å². The van der Waals surface area contributed by atoms with Crippen molar-refractivity contribution in [2.45, 2.75) is 25.8 Å². The molecule has 0 aliphatic heterocycles. The van der Waals surface area contributed by atoms with Gasteiger partial charge < -0.3 is 15.4 Å². The van der Waals surface area contributed by atoms with E-state index in [1.54, 1.807) is 13.2 Å². The molecule has 5 nitrogen and oxygen atoms in total. The molecule has 1 aromatic rings. The van der Waals surface area contributed by atoms with E-state index >= 15 is 0 Å². The summed E-state index contributed by atoms with van der Waals surface area (Å²) < 4.78 is 5.59. The van der Waals surface area contributed by atoms with E-state index in [9.17, 15) is 0 Å². The van der Waals surface area contributed by atoms with Gasteiger partial charge in [-0.05, 0) is 37.3 Å². The van der Waals surface area contributed by atoms with Gasteiger partial charge in [-0.1, -0.05) is 6.07 Å². The van der Waals surface area contributed by atoms with Crippen molar-refractivity contribution in [2.75, 3.05) is 26.8 Å². The molecule has 1 aliphatic carbocycles. The predicted octanol–water partition coefficient (Wildman–Crippen LogP) is 2.18. The minimum absolute atomic E-state index is 0. The second kappa shape index (κ2) is 10.8. The number of hydrogen-bond acceptors (Lipinski definition) is 3. The highest BCUT2D eigenvalue weighted by atomic mass is 127. The highest BCUT2D eigenvalue weighted by molar-refractivity contribution is 14.0. The molecular weight excluding hydrogens is 379 g/mol. The van der Waals surface area contributed by atoms with Crippen molar-refractivity contribution in [3.05, 3.63) is 30.1 Å². The third kappa shape index (κ3) is 8.21. The van der Waals surface area contributed by atoms with Crippen molar-refractivity contribution >= 4 is 29.9 Å². The summed E-state index contributed by atoms with van der Waals surface area (Å²) in [5, 5.41) is 6.51. The summed E-state index contributed by atoms with van der Waals surface area (Å²) in [5.74, 6) is 1.65. The van der Waals surface area contributed by atoms with Gasteiger partial charge in [0.15, 0.2) is 5.96 Å². The second-order valence-electron chi connectivity index (χ2n) is 5.05. The van der Waals surface area contributed by atoms with E-state index in [1.165, 1.54) is 12.8 Å². The third-order valence-corrected chi connectivity index (χ3v) is 3.20. The molecule has 1 aromatic heterocycles. The van der Waals surface area contributed by atoms with Crippen LogP contribution in [0.4, 0.5) is 0 Å². The van der Waals surface area contributed by atoms with Crippen molar-refractivity contribution in [3.8, 4) is 0 Å². The molecule has 1 saturated carbocycles. The molecular formula is C15H25IN4O. The van der Waals surface area contributed by atoms with Crippen LogP contribution in [0.2, 0.25) is 0 Å². The van der Waals surface area contributed by atoms with Gasteiger partial charge in [0.1, 0.15) is 0 Å². The number of nitrogens with one attached hydrogen (secondary N) is 2. The summed E-state index contributed by atoms with van der Waals surface area (Å²) >= 11 is 0. The first-order valence-corrected chi connectivity index (χ1v) is 7.30. The number of rotatable bonds is 8. The molecule has 2 rings (SSSR count). The van der Waals surface area contributed by atoms with Crippen LogP contribution in [0.15, 0.2) is 29.4 Å². The molecule has 118 valence electrons. The molecule has 0 amide bonds. The highest BCUT2D eigenvalue weighted by Crippen LogP contribution is 2.28. The molecule has 1 heterocycles. The van der Waals surface area contributed by atoms with Crippen LogP contribution in [-0.4, -0.2) is 37.7 Å². The van der Waals surface area contributed by atoms with Crippen molar-refractivity contribution < 1.29 is 4.74 Å². The molecule has 0 radical (unpaired) electrons. The number of hydrogen-bond donors (Lipinski definition) is 2. The highest BCUT2D eigenvalue weighted by Gasteiger charge is 2.20. The standard InChI is InChI=1S/C15H24N4O.HI/c1-16-15(19-11-14-5-2-3-8-17-14)18-9-4-10-20-12-13-6-7-13;/h2-3,5,8,13H,4,6-7,9-12H2,1H3,(H2,16,18,19);1H. The molecule has 2 N–H and O–H groups in total. The van der Waals surface area contributed by atoms with Crippen molar-refractivity contribution in [1.29, 1.82) is 0 Å². The van der Waals surface area contributed by atoms with Crippen molar-refractivity contribution in [3.63, 3.8) is 0 Å². The van der Waals surface area contributed by atoms with Gasteiger partial charge in [0, 0.05) is 33.0 Å². The number of aromatic nitrogens is 1.